The predicted molar refractivity (Wildman–Crippen MR) is 50.3 cm³/mol. The Morgan fingerprint density at radius 3 is 2.67 bits per heavy atom. The molecule has 3 heteroatoms. The van der Waals surface area contributed by atoms with Gasteiger partial charge in [0.2, 0.25) is 5.91 Å². The maximum Gasteiger partial charge on any atom is 0.237 e. The minimum absolute atomic E-state index is 0.0384. The number of hydrogen-bond acceptors (Lipinski definition) is 1. The van der Waals surface area contributed by atoms with Crippen LogP contribution in [-0.2, 0) is 4.79 Å². The smallest absolute Gasteiger partial charge is 0.237 e. The second-order valence-electron chi connectivity index (χ2n) is 3.51. The van der Waals surface area contributed by atoms with E-state index >= 15 is 0 Å². The number of alkyl halides is 1. The molecule has 1 aliphatic carbocycles. The van der Waals surface area contributed by atoms with Crippen LogP contribution in [0, 0.1) is 5.92 Å². The molecule has 1 amide bonds. The molecule has 0 aromatic carbocycles. The fourth-order valence-electron chi connectivity index (χ4n) is 1.60. The minimum atomic E-state index is -0.397. The SMILES string of the molecule is CC(Cl)C(=O)NCC1CCCC1. The molecule has 0 aromatic rings. The second kappa shape index (κ2) is 4.70. The molecule has 2 nitrogen and oxygen atoms in total. The maximum atomic E-state index is 11.1. The Hall–Kier alpha value is -0.240. The van der Waals surface area contributed by atoms with Crippen LogP contribution < -0.4 is 5.32 Å². The van der Waals surface area contributed by atoms with E-state index in [0.717, 1.165) is 6.54 Å². The van der Waals surface area contributed by atoms with Crippen molar-refractivity contribution in [1.29, 1.82) is 0 Å². The Morgan fingerprint density at radius 1 is 1.58 bits per heavy atom. The summed E-state index contributed by atoms with van der Waals surface area (Å²) in [6.45, 7) is 2.52. The molecule has 0 aliphatic heterocycles. The third kappa shape index (κ3) is 3.02. The van der Waals surface area contributed by atoms with Crippen LogP contribution >= 0.6 is 11.6 Å². The van der Waals surface area contributed by atoms with E-state index in [4.69, 9.17) is 11.6 Å². The molecular weight excluding hydrogens is 174 g/mol. The third-order valence-corrected chi connectivity index (χ3v) is 2.60. The molecule has 0 heterocycles. The summed E-state index contributed by atoms with van der Waals surface area (Å²) in [6.07, 6.45) is 5.15. The van der Waals surface area contributed by atoms with Gasteiger partial charge in [0.1, 0.15) is 5.38 Å². The van der Waals surface area contributed by atoms with Crippen molar-refractivity contribution in [3.63, 3.8) is 0 Å². The van der Waals surface area contributed by atoms with Gasteiger partial charge in [-0.05, 0) is 25.7 Å². The Bertz CT molecular complexity index is 153. The number of nitrogens with one attached hydrogen (secondary N) is 1. The molecule has 1 N–H and O–H groups in total. The van der Waals surface area contributed by atoms with Crippen LogP contribution in [0.5, 0.6) is 0 Å². The van der Waals surface area contributed by atoms with E-state index in [1.54, 1.807) is 6.92 Å². The molecule has 1 aliphatic rings. The second-order valence-corrected chi connectivity index (χ2v) is 4.17. The Kier molecular flexibility index (Phi) is 3.86. The molecule has 0 bridgehead atoms. The molecule has 1 rings (SSSR count). The summed E-state index contributed by atoms with van der Waals surface area (Å²) >= 11 is 5.60. The molecule has 0 radical (unpaired) electrons. The summed E-state index contributed by atoms with van der Waals surface area (Å²) < 4.78 is 0. The lowest BCUT2D eigenvalue weighted by Crippen LogP contribution is -2.33. The molecule has 0 saturated heterocycles. The Morgan fingerprint density at radius 2 is 2.17 bits per heavy atom. The molecule has 1 fully saturated rings. The zero-order valence-electron chi connectivity index (χ0n) is 7.48. The summed E-state index contributed by atoms with van der Waals surface area (Å²) in [5, 5.41) is 2.46. The summed E-state index contributed by atoms with van der Waals surface area (Å²) in [5.41, 5.74) is 0. The van der Waals surface area contributed by atoms with Crippen LogP contribution in [-0.4, -0.2) is 17.8 Å². The first kappa shape index (κ1) is 9.85. The van der Waals surface area contributed by atoms with E-state index in [-0.39, 0.29) is 5.91 Å². The minimum Gasteiger partial charge on any atom is -0.355 e. The number of carbonyl (C=O) groups is 1. The highest BCUT2D eigenvalue weighted by atomic mass is 35.5. The molecular formula is C9H16ClNO. The van der Waals surface area contributed by atoms with Crippen molar-refractivity contribution in [2.24, 2.45) is 5.92 Å². The Labute approximate surface area is 78.7 Å². The van der Waals surface area contributed by atoms with Gasteiger partial charge >= 0.3 is 0 Å². The van der Waals surface area contributed by atoms with Crippen molar-refractivity contribution >= 4 is 17.5 Å². The van der Waals surface area contributed by atoms with E-state index < -0.39 is 5.38 Å². The van der Waals surface area contributed by atoms with Gasteiger partial charge in [-0.3, -0.25) is 4.79 Å². The first-order valence-corrected chi connectivity index (χ1v) is 5.05. The van der Waals surface area contributed by atoms with Crippen LogP contribution in [0.15, 0.2) is 0 Å². The molecule has 1 saturated carbocycles. The summed E-state index contributed by atoms with van der Waals surface area (Å²) in [5.74, 6) is 0.660. The first-order chi connectivity index (χ1) is 5.70. The maximum absolute atomic E-state index is 11.1. The zero-order chi connectivity index (χ0) is 8.97. The Balaban J connectivity index is 2.12. The van der Waals surface area contributed by atoms with Gasteiger partial charge < -0.3 is 5.32 Å². The number of amides is 1. The largest absolute Gasteiger partial charge is 0.355 e. The number of carbonyl (C=O) groups excluding carboxylic acids is 1. The van der Waals surface area contributed by atoms with Gasteiger partial charge in [-0.15, -0.1) is 11.6 Å². The fourth-order valence-corrected chi connectivity index (χ4v) is 1.68. The van der Waals surface area contributed by atoms with Crippen molar-refractivity contribution in [1.82, 2.24) is 5.32 Å². The number of halogens is 1. The normalized spacial score (nSPS) is 20.8. The van der Waals surface area contributed by atoms with Crippen molar-refractivity contribution in [2.75, 3.05) is 6.54 Å². The monoisotopic (exact) mass is 189 g/mol. The predicted octanol–water partition coefficient (Wildman–Crippen LogP) is 1.92. The molecule has 0 aromatic heterocycles. The topological polar surface area (TPSA) is 29.1 Å². The summed E-state index contributed by atoms with van der Waals surface area (Å²) in [6, 6.07) is 0. The first-order valence-electron chi connectivity index (χ1n) is 4.62. The van der Waals surface area contributed by atoms with E-state index in [1.807, 2.05) is 0 Å². The van der Waals surface area contributed by atoms with Crippen LogP contribution in [0.3, 0.4) is 0 Å². The summed E-state index contributed by atoms with van der Waals surface area (Å²) in [4.78, 5) is 11.1. The van der Waals surface area contributed by atoms with Crippen LogP contribution in [0.25, 0.3) is 0 Å². The third-order valence-electron chi connectivity index (χ3n) is 2.40. The van der Waals surface area contributed by atoms with Gasteiger partial charge in [-0.1, -0.05) is 12.8 Å². The molecule has 0 spiro atoms. The molecule has 1 atom stereocenters. The van der Waals surface area contributed by atoms with E-state index in [0.29, 0.717) is 5.92 Å². The lowest BCUT2D eigenvalue weighted by atomic mass is 10.1. The average molecular weight is 190 g/mol. The highest BCUT2D eigenvalue weighted by Gasteiger charge is 2.16. The lowest BCUT2D eigenvalue weighted by molar-refractivity contribution is -0.120. The van der Waals surface area contributed by atoms with Crippen LogP contribution in [0.2, 0.25) is 0 Å². The highest BCUT2D eigenvalue weighted by Crippen LogP contribution is 2.23. The van der Waals surface area contributed by atoms with Crippen molar-refractivity contribution in [2.45, 2.75) is 38.0 Å². The summed E-state index contributed by atoms with van der Waals surface area (Å²) in [7, 11) is 0. The van der Waals surface area contributed by atoms with Gasteiger partial charge in [0.05, 0.1) is 0 Å². The fraction of sp³-hybridized carbons (Fsp3) is 0.889. The van der Waals surface area contributed by atoms with Gasteiger partial charge in [-0.25, -0.2) is 0 Å². The average Bonchev–Trinajstić information content (AvgIpc) is 2.51. The molecule has 12 heavy (non-hydrogen) atoms. The lowest BCUT2D eigenvalue weighted by Gasteiger charge is -2.10. The number of hydrogen-bond donors (Lipinski definition) is 1. The standard InChI is InChI=1S/C9H16ClNO/c1-7(10)9(12)11-6-8-4-2-3-5-8/h7-8H,2-6H2,1H3,(H,11,12). The van der Waals surface area contributed by atoms with Crippen molar-refractivity contribution in [3.8, 4) is 0 Å². The molecule has 70 valence electrons. The van der Waals surface area contributed by atoms with Gasteiger partial charge in [0, 0.05) is 6.54 Å². The highest BCUT2D eigenvalue weighted by molar-refractivity contribution is 6.30. The quantitative estimate of drug-likeness (QED) is 0.676. The van der Waals surface area contributed by atoms with Gasteiger partial charge in [0.25, 0.3) is 0 Å². The van der Waals surface area contributed by atoms with Gasteiger partial charge in [0.15, 0.2) is 0 Å². The van der Waals surface area contributed by atoms with E-state index in [1.165, 1.54) is 25.7 Å². The van der Waals surface area contributed by atoms with Crippen LogP contribution in [0.4, 0.5) is 0 Å². The van der Waals surface area contributed by atoms with Gasteiger partial charge in [-0.2, -0.15) is 0 Å². The van der Waals surface area contributed by atoms with Crippen molar-refractivity contribution < 1.29 is 4.79 Å². The zero-order valence-corrected chi connectivity index (χ0v) is 8.23. The van der Waals surface area contributed by atoms with E-state index in [9.17, 15) is 4.79 Å². The van der Waals surface area contributed by atoms with Crippen LogP contribution in [0.1, 0.15) is 32.6 Å². The van der Waals surface area contributed by atoms with Crippen molar-refractivity contribution in [3.05, 3.63) is 0 Å². The molecule has 1 unspecified atom stereocenters. The van der Waals surface area contributed by atoms with E-state index in [2.05, 4.69) is 5.32 Å². The number of rotatable bonds is 3.